The third-order valence-electron chi connectivity index (χ3n) is 3.07. The zero-order valence-electron chi connectivity index (χ0n) is 10.3. The maximum atomic E-state index is 11.1. The van der Waals surface area contributed by atoms with Gasteiger partial charge in [-0.05, 0) is 33.0 Å². The summed E-state index contributed by atoms with van der Waals surface area (Å²) in [6.45, 7) is 5.28. The Morgan fingerprint density at radius 3 is 2.81 bits per heavy atom. The Morgan fingerprint density at radius 2 is 2.12 bits per heavy atom. The number of esters is 1. The molecule has 0 saturated carbocycles. The Bertz CT molecular complexity index is 223. The first kappa shape index (κ1) is 13.4. The van der Waals surface area contributed by atoms with Crippen molar-refractivity contribution in [3.8, 4) is 0 Å². The lowest BCUT2D eigenvalue weighted by molar-refractivity contribution is -0.142. The van der Waals surface area contributed by atoms with Gasteiger partial charge < -0.3 is 20.3 Å². The summed E-state index contributed by atoms with van der Waals surface area (Å²) >= 11 is 0. The molecule has 0 spiro atoms. The number of nitrogens with zero attached hydrogens (tertiary/aromatic N) is 2. The summed E-state index contributed by atoms with van der Waals surface area (Å²) < 4.78 is 4.60. The third-order valence-corrected chi connectivity index (χ3v) is 3.07. The lowest BCUT2D eigenvalue weighted by Crippen LogP contribution is -2.37. The van der Waals surface area contributed by atoms with E-state index >= 15 is 0 Å². The van der Waals surface area contributed by atoms with E-state index in [1.807, 2.05) is 0 Å². The van der Waals surface area contributed by atoms with Crippen LogP contribution in [0.4, 0.5) is 0 Å². The van der Waals surface area contributed by atoms with Gasteiger partial charge in [-0.1, -0.05) is 0 Å². The largest absolute Gasteiger partial charge is 0.468 e. The molecule has 1 heterocycles. The summed E-state index contributed by atoms with van der Waals surface area (Å²) in [6.07, 6.45) is 1.86. The summed E-state index contributed by atoms with van der Waals surface area (Å²) in [5.41, 5.74) is 5.70. The molecule has 1 fully saturated rings. The van der Waals surface area contributed by atoms with Crippen molar-refractivity contribution in [3.05, 3.63) is 0 Å². The van der Waals surface area contributed by atoms with Crippen LogP contribution in [0.5, 0.6) is 0 Å². The van der Waals surface area contributed by atoms with Gasteiger partial charge in [-0.15, -0.1) is 0 Å². The third kappa shape index (κ3) is 4.47. The number of nitrogens with two attached hydrogens (primary N) is 1. The maximum Gasteiger partial charge on any atom is 0.322 e. The fourth-order valence-electron chi connectivity index (χ4n) is 1.91. The molecule has 5 nitrogen and oxygen atoms in total. The summed E-state index contributed by atoms with van der Waals surface area (Å²) in [6, 6.07) is -0.481. The van der Waals surface area contributed by atoms with E-state index in [0.29, 0.717) is 6.42 Å². The van der Waals surface area contributed by atoms with Crippen molar-refractivity contribution in [2.75, 3.05) is 46.9 Å². The molecule has 1 aliphatic rings. The molecule has 1 saturated heterocycles. The van der Waals surface area contributed by atoms with Crippen molar-refractivity contribution >= 4 is 5.97 Å². The molecule has 0 aliphatic carbocycles. The first-order valence-electron chi connectivity index (χ1n) is 5.88. The minimum atomic E-state index is -0.481. The van der Waals surface area contributed by atoms with E-state index in [-0.39, 0.29) is 5.97 Å². The highest BCUT2D eigenvalue weighted by atomic mass is 16.5. The molecule has 2 N–H and O–H groups in total. The van der Waals surface area contributed by atoms with Crippen molar-refractivity contribution < 1.29 is 9.53 Å². The van der Waals surface area contributed by atoms with Crippen molar-refractivity contribution in [1.29, 1.82) is 0 Å². The standard InChI is InChI=1S/C11H23N3O2/c1-13-5-3-6-14(9-8-13)7-4-10(12)11(15)16-2/h10H,3-9,12H2,1-2H3. The fraction of sp³-hybridized carbons (Fsp3) is 0.909. The molecule has 1 atom stereocenters. The molecular formula is C11H23N3O2. The van der Waals surface area contributed by atoms with Gasteiger partial charge in [-0.2, -0.15) is 0 Å². The van der Waals surface area contributed by atoms with Gasteiger partial charge in [-0.3, -0.25) is 4.79 Å². The van der Waals surface area contributed by atoms with Gasteiger partial charge in [-0.25, -0.2) is 0 Å². The first-order chi connectivity index (χ1) is 7.63. The molecule has 0 aromatic rings. The molecule has 5 heteroatoms. The Labute approximate surface area is 97.5 Å². The number of likely N-dealkylation sites (N-methyl/N-ethyl adjacent to an activating group) is 1. The SMILES string of the molecule is COC(=O)C(N)CCN1CCCN(C)CC1. The summed E-state index contributed by atoms with van der Waals surface area (Å²) in [5.74, 6) is -0.313. The Hall–Kier alpha value is -0.650. The van der Waals surface area contributed by atoms with Crippen molar-refractivity contribution in [3.63, 3.8) is 0 Å². The quantitative estimate of drug-likeness (QED) is 0.660. The van der Waals surface area contributed by atoms with Crippen LogP contribution >= 0.6 is 0 Å². The predicted molar refractivity (Wildman–Crippen MR) is 63.2 cm³/mol. The zero-order valence-corrected chi connectivity index (χ0v) is 10.3. The van der Waals surface area contributed by atoms with Gasteiger partial charge in [0, 0.05) is 19.6 Å². The average Bonchev–Trinajstić information content (AvgIpc) is 2.50. The average molecular weight is 229 g/mol. The Morgan fingerprint density at radius 1 is 1.38 bits per heavy atom. The van der Waals surface area contributed by atoms with Crippen LogP contribution < -0.4 is 5.73 Å². The molecule has 1 unspecified atom stereocenters. The number of carbonyl (C=O) groups excluding carboxylic acids is 1. The molecule has 0 aromatic carbocycles. The highest BCUT2D eigenvalue weighted by molar-refractivity contribution is 5.75. The van der Waals surface area contributed by atoms with E-state index in [1.165, 1.54) is 13.5 Å². The number of ether oxygens (including phenoxy) is 1. The summed E-state index contributed by atoms with van der Waals surface area (Å²) in [7, 11) is 3.52. The minimum absolute atomic E-state index is 0.313. The number of hydrogen-bond acceptors (Lipinski definition) is 5. The van der Waals surface area contributed by atoms with Gasteiger partial charge in [0.15, 0.2) is 0 Å². The van der Waals surface area contributed by atoms with E-state index in [9.17, 15) is 4.79 Å². The lowest BCUT2D eigenvalue weighted by atomic mass is 10.2. The van der Waals surface area contributed by atoms with Crippen LogP contribution in [0.15, 0.2) is 0 Å². The molecular weight excluding hydrogens is 206 g/mol. The van der Waals surface area contributed by atoms with Crippen molar-refractivity contribution in [2.24, 2.45) is 5.73 Å². The summed E-state index contributed by atoms with van der Waals surface area (Å²) in [4.78, 5) is 15.8. The van der Waals surface area contributed by atoms with E-state index in [1.54, 1.807) is 0 Å². The van der Waals surface area contributed by atoms with E-state index in [4.69, 9.17) is 5.73 Å². The van der Waals surface area contributed by atoms with Gasteiger partial charge in [0.2, 0.25) is 0 Å². The molecule has 16 heavy (non-hydrogen) atoms. The smallest absolute Gasteiger partial charge is 0.322 e. The zero-order chi connectivity index (χ0) is 12.0. The van der Waals surface area contributed by atoms with E-state index in [0.717, 1.165) is 32.7 Å². The molecule has 0 bridgehead atoms. The molecule has 0 aromatic heterocycles. The van der Waals surface area contributed by atoms with Crippen LogP contribution in [0.25, 0.3) is 0 Å². The number of carbonyl (C=O) groups is 1. The molecule has 1 rings (SSSR count). The normalized spacial score (nSPS) is 21.4. The van der Waals surface area contributed by atoms with Gasteiger partial charge in [0.05, 0.1) is 7.11 Å². The maximum absolute atomic E-state index is 11.1. The van der Waals surface area contributed by atoms with E-state index < -0.39 is 6.04 Å². The number of rotatable bonds is 4. The molecule has 0 amide bonds. The van der Waals surface area contributed by atoms with Crippen LogP contribution in [0.2, 0.25) is 0 Å². The topological polar surface area (TPSA) is 58.8 Å². The highest BCUT2D eigenvalue weighted by Crippen LogP contribution is 2.03. The predicted octanol–water partition coefficient (Wildman–Crippen LogP) is -0.486. The van der Waals surface area contributed by atoms with Gasteiger partial charge in [0.25, 0.3) is 0 Å². The molecule has 1 aliphatic heterocycles. The number of hydrogen-bond donors (Lipinski definition) is 1. The first-order valence-corrected chi connectivity index (χ1v) is 5.88. The van der Waals surface area contributed by atoms with Gasteiger partial charge in [0.1, 0.15) is 6.04 Å². The van der Waals surface area contributed by atoms with Crippen LogP contribution in [0, 0.1) is 0 Å². The van der Waals surface area contributed by atoms with Crippen LogP contribution in [0.3, 0.4) is 0 Å². The highest BCUT2D eigenvalue weighted by Gasteiger charge is 2.17. The Balaban J connectivity index is 2.23. The van der Waals surface area contributed by atoms with Crippen LogP contribution in [0.1, 0.15) is 12.8 Å². The summed E-state index contributed by atoms with van der Waals surface area (Å²) in [5, 5.41) is 0. The van der Waals surface area contributed by atoms with Crippen LogP contribution in [-0.4, -0.2) is 68.7 Å². The van der Waals surface area contributed by atoms with Crippen LogP contribution in [-0.2, 0) is 9.53 Å². The van der Waals surface area contributed by atoms with Crippen molar-refractivity contribution in [1.82, 2.24) is 9.80 Å². The lowest BCUT2D eigenvalue weighted by Gasteiger charge is -2.21. The fourth-order valence-corrected chi connectivity index (χ4v) is 1.91. The van der Waals surface area contributed by atoms with Gasteiger partial charge >= 0.3 is 5.97 Å². The second-order valence-corrected chi connectivity index (χ2v) is 4.42. The number of methoxy groups -OCH3 is 1. The van der Waals surface area contributed by atoms with E-state index in [2.05, 4.69) is 21.6 Å². The minimum Gasteiger partial charge on any atom is -0.468 e. The van der Waals surface area contributed by atoms with Crippen molar-refractivity contribution in [2.45, 2.75) is 18.9 Å². The second-order valence-electron chi connectivity index (χ2n) is 4.42. The monoisotopic (exact) mass is 229 g/mol. The second kappa shape index (κ2) is 6.83. The Kier molecular flexibility index (Phi) is 5.73. The molecule has 94 valence electrons. The molecule has 0 radical (unpaired) electrons.